The molecule has 0 aliphatic carbocycles. The molecule has 0 saturated carbocycles. The van der Waals surface area contributed by atoms with Gasteiger partial charge in [0, 0.05) is 24.5 Å². The molecule has 1 aromatic carbocycles. The van der Waals surface area contributed by atoms with Crippen LogP contribution >= 0.6 is 0 Å². The molecule has 1 aliphatic heterocycles. The van der Waals surface area contributed by atoms with Gasteiger partial charge in [0.05, 0.1) is 17.8 Å². The molecule has 2 N–H and O–H groups in total. The van der Waals surface area contributed by atoms with Crippen molar-refractivity contribution in [2.45, 2.75) is 12.7 Å². The van der Waals surface area contributed by atoms with Crippen molar-refractivity contribution in [1.29, 1.82) is 0 Å². The topological polar surface area (TPSA) is 80.5 Å². The van der Waals surface area contributed by atoms with Crippen LogP contribution < -0.4 is 10.7 Å². The van der Waals surface area contributed by atoms with Crippen LogP contribution in [0.4, 0.5) is 23.7 Å². The summed E-state index contributed by atoms with van der Waals surface area (Å²) in [5, 5.41) is 10.5. The number of hydrogen-bond acceptors (Lipinski definition) is 5. The number of aryl methyl sites for hydroxylation is 1. The zero-order valence-electron chi connectivity index (χ0n) is 13.1. The summed E-state index contributed by atoms with van der Waals surface area (Å²) in [4.78, 5) is 10.9. The number of nitrogens with one attached hydrogen (secondary N) is 2. The Morgan fingerprint density at radius 2 is 2.16 bits per heavy atom. The molecular weight excluding hydrogens is 339 g/mol. The minimum absolute atomic E-state index is 0.0567. The van der Waals surface area contributed by atoms with Gasteiger partial charge < -0.3 is 10.1 Å². The summed E-state index contributed by atoms with van der Waals surface area (Å²) in [6.07, 6.45) is -3.72. The Morgan fingerprint density at radius 3 is 2.76 bits per heavy atom. The van der Waals surface area contributed by atoms with E-state index in [9.17, 15) is 18.0 Å². The van der Waals surface area contributed by atoms with Gasteiger partial charge in [-0.3, -0.25) is 4.68 Å². The number of halogens is 3. The Hall–Kier alpha value is -3.04. The van der Waals surface area contributed by atoms with Crippen LogP contribution in [-0.4, -0.2) is 28.2 Å². The lowest BCUT2D eigenvalue weighted by molar-refractivity contribution is -0.137. The fraction of sp³-hybridized carbons (Fsp3) is 0.267. The number of carbonyl (C=O) groups is 1. The fourth-order valence-corrected chi connectivity index (χ4v) is 2.33. The van der Waals surface area contributed by atoms with Crippen LogP contribution in [0.15, 0.2) is 35.6 Å². The zero-order chi connectivity index (χ0) is 18.0. The molecule has 1 aromatic heterocycles. The molecule has 0 spiro atoms. The normalized spacial score (nSPS) is 14.6. The van der Waals surface area contributed by atoms with Gasteiger partial charge in [0.15, 0.2) is 0 Å². The Morgan fingerprint density at radius 1 is 1.36 bits per heavy atom. The molecular formula is C15H14F3N5O2. The van der Waals surface area contributed by atoms with Gasteiger partial charge in [-0.05, 0) is 18.2 Å². The molecule has 0 fully saturated rings. The van der Waals surface area contributed by atoms with Gasteiger partial charge in [-0.2, -0.15) is 23.4 Å². The summed E-state index contributed by atoms with van der Waals surface area (Å²) in [5.41, 5.74) is 2.36. The molecule has 0 radical (unpaired) electrons. The Labute approximate surface area is 140 Å². The fourth-order valence-electron chi connectivity index (χ4n) is 2.33. The lowest BCUT2D eigenvalue weighted by Crippen LogP contribution is -2.30. The molecule has 0 bridgehead atoms. The predicted octanol–water partition coefficient (Wildman–Crippen LogP) is 2.49. The van der Waals surface area contributed by atoms with Crippen molar-refractivity contribution in [2.24, 2.45) is 12.1 Å². The van der Waals surface area contributed by atoms with Gasteiger partial charge in [-0.1, -0.05) is 6.07 Å². The number of alkyl halides is 3. The number of aromatic nitrogens is 2. The molecule has 1 amide bonds. The maximum atomic E-state index is 13.4. The zero-order valence-corrected chi connectivity index (χ0v) is 13.1. The van der Waals surface area contributed by atoms with E-state index in [1.807, 2.05) is 0 Å². The Kier molecular flexibility index (Phi) is 4.34. The SMILES string of the molecule is Cn1nccc1CNc1ccc(C2=NNC(=O)OC2)cc1C(F)(F)F. The molecule has 10 heteroatoms. The number of carbonyl (C=O) groups excluding carboxylic acids is 1. The highest BCUT2D eigenvalue weighted by Gasteiger charge is 2.34. The second-order valence-electron chi connectivity index (χ2n) is 5.30. The molecule has 7 nitrogen and oxygen atoms in total. The molecule has 1 aliphatic rings. The van der Waals surface area contributed by atoms with Crippen LogP contribution in [0.2, 0.25) is 0 Å². The number of nitrogens with zero attached hydrogens (tertiary/aromatic N) is 3. The third-order valence-corrected chi connectivity index (χ3v) is 3.66. The van der Waals surface area contributed by atoms with Crippen molar-refractivity contribution >= 4 is 17.5 Å². The van der Waals surface area contributed by atoms with Crippen LogP contribution in [0.1, 0.15) is 16.8 Å². The van der Waals surface area contributed by atoms with Crippen molar-refractivity contribution in [3.8, 4) is 0 Å². The lowest BCUT2D eigenvalue weighted by atomic mass is 10.0. The first-order valence-corrected chi connectivity index (χ1v) is 7.26. The van der Waals surface area contributed by atoms with Crippen LogP contribution in [0.25, 0.3) is 0 Å². The Bertz CT molecular complexity index is 829. The summed E-state index contributed by atoms with van der Waals surface area (Å²) < 4.78 is 46.5. The molecule has 2 heterocycles. The van der Waals surface area contributed by atoms with Gasteiger partial charge >= 0.3 is 12.3 Å². The third kappa shape index (κ3) is 3.73. The highest BCUT2D eigenvalue weighted by molar-refractivity contribution is 6.04. The first kappa shape index (κ1) is 16.8. The maximum Gasteiger partial charge on any atom is 0.428 e. The summed E-state index contributed by atoms with van der Waals surface area (Å²) in [6, 6.07) is 5.50. The van der Waals surface area contributed by atoms with E-state index in [0.717, 1.165) is 11.8 Å². The van der Waals surface area contributed by atoms with Gasteiger partial charge in [-0.15, -0.1) is 0 Å². The predicted molar refractivity (Wildman–Crippen MR) is 83.0 cm³/mol. The number of cyclic esters (lactones) is 1. The minimum Gasteiger partial charge on any atom is -0.442 e. The number of ether oxygens (including phenoxy) is 1. The van der Waals surface area contributed by atoms with E-state index in [4.69, 9.17) is 4.74 Å². The van der Waals surface area contributed by atoms with Crippen LogP contribution in [0.3, 0.4) is 0 Å². The largest absolute Gasteiger partial charge is 0.442 e. The summed E-state index contributed by atoms with van der Waals surface area (Å²) in [5.74, 6) is 0. The standard InChI is InChI=1S/C15H14F3N5O2/c1-23-10(4-5-20-23)7-19-12-3-2-9(6-11(12)15(16,17)18)13-8-25-14(24)22-21-13/h2-6,19H,7-8H2,1H3,(H,22,24). The van der Waals surface area contributed by atoms with E-state index in [2.05, 4.69) is 20.9 Å². The van der Waals surface area contributed by atoms with Crippen LogP contribution in [-0.2, 0) is 24.5 Å². The van der Waals surface area contributed by atoms with E-state index in [1.54, 1.807) is 24.0 Å². The van der Waals surface area contributed by atoms with Gasteiger partial charge in [0.2, 0.25) is 0 Å². The van der Waals surface area contributed by atoms with Crippen molar-refractivity contribution in [2.75, 3.05) is 11.9 Å². The van der Waals surface area contributed by atoms with Crippen LogP contribution in [0, 0.1) is 0 Å². The van der Waals surface area contributed by atoms with Gasteiger partial charge in [0.1, 0.15) is 12.3 Å². The van der Waals surface area contributed by atoms with Crippen molar-refractivity contribution in [3.63, 3.8) is 0 Å². The van der Waals surface area contributed by atoms with E-state index < -0.39 is 17.8 Å². The lowest BCUT2D eigenvalue weighted by Gasteiger charge is -2.18. The highest BCUT2D eigenvalue weighted by Crippen LogP contribution is 2.36. The van der Waals surface area contributed by atoms with Crippen molar-refractivity contribution in [1.82, 2.24) is 15.2 Å². The number of benzene rings is 1. The molecule has 3 rings (SSSR count). The van der Waals surface area contributed by atoms with E-state index >= 15 is 0 Å². The number of amides is 1. The molecule has 0 saturated heterocycles. The summed E-state index contributed by atoms with van der Waals surface area (Å²) in [7, 11) is 1.71. The second kappa shape index (κ2) is 6.46. The van der Waals surface area contributed by atoms with E-state index in [-0.39, 0.29) is 30.1 Å². The van der Waals surface area contributed by atoms with E-state index in [1.165, 1.54) is 12.1 Å². The van der Waals surface area contributed by atoms with E-state index in [0.29, 0.717) is 0 Å². The monoisotopic (exact) mass is 353 g/mol. The first-order chi connectivity index (χ1) is 11.8. The smallest absolute Gasteiger partial charge is 0.428 e. The molecule has 132 valence electrons. The number of anilines is 1. The third-order valence-electron chi connectivity index (χ3n) is 3.66. The number of rotatable bonds is 4. The number of hydrogen-bond donors (Lipinski definition) is 2. The maximum absolute atomic E-state index is 13.4. The van der Waals surface area contributed by atoms with Crippen LogP contribution in [0.5, 0.6) is 0 Å². The van der Waals surface area contributed by atoms with Gasteiger partial charge in [-0.25, -0.2) is 10.2 Å². The molecule has 2 aromatic rings. The second-order valence-corrected chi connectivity index (χ2v) is 5.30. The summed E-state index contributed by atoms with van der Waals surface area (Å²) in [6.45, 7) is 0.00394. The molecule has 0 atom stereocenters. The molecule has 25 heavy (non-hydrogen) atoms. The average Bonchev–Trinajstić information content (AvgIpc) is 2.98. The molecule has 0 unspecified atom stereocenters. The Balaban J connectivity index is 1.88. The average molecular weight is 353 g/mol. The van der Waals surface area contributed by atoms with Crippen molar-refractivity contribution in [3.05, 3.63) is 47.3 Å². The minimum atomic E-state index is -4.55. The quantitative estimate of drug-likeness (QED) is 0.885. The number of hydrazone groups is 1. The highest BCUT2D eigenvalue weighted by atomic mass is 19.4. The van der Waals surface area contributed by atoms with Gasteiger partial charge in [0.25, 0.3) is 0 Å². The first-order valence-electron chi connectivity index (χ1n) is 7.26. The summed E-state index contributed by atoms with van der Waals surface area (Å²) >= 11 is 0. The van der Waals surface area contributed by atoms with Crippen molar-refractivity contribution < 1.29 is 22.7 Å².